The molecule has 0 spiro atoms. The molecule has 0 bridgehead atoms. The van der Waals surface area contributed by atoms with Crippen molar-refractivity contribution >= 4 is 21.8 Å². The summed E-state index contributed by atoms with van der Waals surface area (Å²) in [6, 6.07) is 7.74. The quantitative estimate of drug-likeness (QED) is 0.896. The van der Waals surface area contributed by atoms with Gasteiger partial charge in [0.15, 0.2) is 0 Å². The largest absolute Gasteiger partial charge is 0.469 e. The summed E-state index contributed by atoms with van der Waals surface area (Å²) in [6.07, 6.45) is 4.67. The number of rotatable bonds is 2. The summed E-state index contributed by atoms with van der Waals surface area (Å²) in [4.78, 5) is 12.4. The van der Waals surface area contributed by atoms with E-state index in [1.165, 1.54) is 0 Å². The van der Waals surface area contributed by atoms with Gasteiger partial charge in [-0.3, -0.25) is 4.79 Å². The summed E-state index contributed by atoms with van der Waals surface area (Å²) >= 11 is 3.49. The van der Waals surface area contributed by atoms with Crippen LogP contribution in [0.1, 0.15) is 46.1 Å². The number of hydrogen-bond donors (Lipinski definition) is 1. The first-order valence-corrected chi connectivity index (χ1v) is 7.58. The van der Waals surface area contributed by atoms with Crippen LogP contribution in [0.3, 0.4) is 0 Å². The van der Waals surface area contributed by atoms with Crippen LogP contribution in [0.4, 0.5) is 0 Å². The lowest BCUT2D eigenvalue weighted by Gasteiger charge is -2.23. The number of fused-ring (bicyclic) bond motifs is 1. The molecule has 0 radical (unpaired) electrons. The molecule has 1 atom stereocenters. The Morgan fingerprint density at radius 1 is 1.40 bits per heavy atom. The maximum Gasteiger partial charge on any atom is 0.252 e. The second-order valence-corrected chi connectivity index (χ2v) is 5.95. The molecule has 1 aromatic heterocycles. The van der Waals surface area contributed by atoms with Gasteiger partial charge >= 0.3 is 0 Å². The molecule has 1 aliphatic carbocycles. The molecule has 20 heavy (non-hydrogen) atoms. The zero-order chi connectivity index (χ0) is 14.1. The predicted octanol–water partition coefficient (Wildman–Crippen LogP) is 4.16. The van der Waals surface area contributed by atoms with Gasteiger partial charge in [-0.2, -0.15) is 0 Å². The van der Waals surface area contributed by atoms with Gasteiger partial charge in [-0.25, -0.2) is 0 Å². The summed E-state index contributed by atoms with van der Waals surface area (Å²) in [7, 11) is 0. The number of nitrogens with one attached hydrogen (secondary N) is 1. The number of benzene rings is 1. The first kappa shape index (κ1) is 13.4. The number of amides is 1. The number of carbonyl (C=O) groups is 1. The Hall–Kier alpha value is -1.55. The number of carbonyl (C=O) groups excluding carboxylic acids is 1. The van der Waals surface area contributed by atoms with Crippen molar-refractivity contribution in [3.8, 4) is 0 Å². The van der Waals surface area contributed by atoms with E-state index in [9.17, 15) is 4.79 Å². The van der Waals surface area contributed by atoms with Crippen molar-refractivity contribution in [2.45, 2.75) is 32.2 Å². The van der Waals surface area contributed by atoms with E-state index in [4.69, 9.17) is 4.42 Å². The maximum absolute atomic E-state index is 12.4. The Morgan fingerprint density at radius 3 is 3.10 bits per heavy atom. The van der Waals surface area contributed by atoms with Crippen molar-refractivity contribution in [2.24, 2.45) is 0 Å². The molecule has 0 saturated heterocycles. The molecule has 1 N–H and O–H groups in total. The molecule has 2 aromatic rings. The first-order chi connectivity index (χ1) is 9.66. The van der Waals surface area contributed by atoms with Gasteiger partial charge in [-0.15, -0.1) is 0 Å². The van der Waals surface area contributed by atoms with Crippen LogP contribution in [0.2, 0.25) is 0 Å². The molecule has 0 aliphatic heterocycles. The smallest absolute Gasteiger partial charge is 0.252 e. The molecular weight excluding hydrogens is 318 g/mol. The van der Waals surface area contributed by atoms with Crippen molar-refractivity contribution in [1.82, 2.24) is 5.32 Å². The van der Waals surface area contributed by atoms with Crippen molar-refractivity contribution < 1.29 is 9.21 Å². The zero-order valence-electron chi connectivity index (χ0n) is 11.3. The third kappa shape index (κ3) is 2.40. The van der Waals surface area contributed by atoms with E-state index < -0.39 is 0 Å². The summed E-state index contributed by atoms with van der Waals surface area (Å²) in [6.45, 7) is 1.98. The van der Waals surface area contributed by atoms with E-state index >= 15 is 0 Å². The fourth-order valence-corrected chi connectivity index (χ4v) is 3.14. The van der Waals surface area contributed by atoms with Gasteiger partial charge in [-0.05, 0) is 53.4 Å². The topological polar surface area (TPSA) is 42.2 Å². The molecule has 0 fully saturated rings. The van der Waals surface area contributed by atoms with E-state index in [1.807, 2.05) is 31.2 Å². The molecule has 1 unspecified atom stereocenters. The van der Waals surface area contributed by atoms with Crippen LogP contribution in [0.5, 0.6) is 0 Å². The Bertz CT molecular complexity index is 648. The van der Waals surface area contributed by atoms with Crippen LogP contribution in [0.15, 0.2) is 39.4 Å². The van der Waals surface area contributed by atoms with Crippen LogP contribution in [0.25, 0.3) is 0 Å². The standard InChI is InChI=1S/C16H16BrNO2/c1-10-4-2-5-12(15(10)17)16(19)18-13-6-3-7-14-11(13)8-9-20-14/h2,4-5,8-9,13H,3,6-7H2,1H3,(H,18,19). The molecule has 1 aromatic carbocycles. The normalized spacial score (nSPS) is 17.6. The van der Waals surface area contributed by atoms with E-state index in [2.05, 4.69) is 21.2 Å². The van der Waals surface area contributed by atoms with Crippen LogP contribution in [-0.4, -0.2) is 5.91 Å². The third-order valence-electron chi connectivity index (χ3n) is 3.79. The highest BCUT2D eigenvalue weighted by molar-refractivity contribution is 9.10. The van der Waals surface area contributed by atoms with Gasteiger partial charge in [0.05, 0.1) is 17.9 Å². The van der Waals surface area contributed by atoms with Gasteiger partial charge < -0.3 is 9.73 Å². The molecule has 3 rings (SSSR count). The molecule has 4 heteroatoms. The lowest BCUT2D eigenvalue weighted by Crippen LogP contribution is -2.30. The highest BCUT2D eigenvalue weighted by Gasteiger charge is 2.25. The average molecular weight is 334 g/mol. The van der Waals surface area contributed by atoms with Crippen molar-refractivity contribution in [3.63, 3.8) is 0 Å². The molecule has 104 valence electrons. The summed E-state index contributed by atoms with van der Waals surface area (Å²) in [5.74, 6) is 0.962. The molecule has 3 nitrogen and oxygen atoms in total. The lowest BCUT2D eigenvalue weighted by atomic mass is 9.93. The molecule has 1 aliphatic rings. The van der Waals surface area contributed by atoms with E-state index in [1.54, 1.807) is 6.26 Å². The minimum absolute atomic E-state index is 0.0420. The number of hydrogen-bond acceptors (Lipinski definition) is 2. The molecule has 0 saturated carbocycles. The van der Waals surface area contributed by atoms with Gasteiger partial charge in [0, 0.05) is 16.5 Å². The second-order valence-electron chi connectivity index (χ2n) is 5.15. The Labute approximate surface area is 126 Å². The zero-order valence-corrected chi connectivity index (χ0v) is 12.9. The maximum atomic E-state index is 12.4. The number of halogens is 1. The number of aryl methyl sites for hydroxylation is 2. The van der Waals surface area contributed by atoms with Crippen LogP contribution < -0.4 is 5.32 Å². The van der Waals surface area contributed by atoms with Gasteiger partial charge in [0.1, 0.15) is 5.76 Å². The summed E-state index contributed by atoms with van der Waals surface area (Å²) in [5, 5.41) is 3.12. The highest BCUT2D eigenvalue weighted by atomic mass is 79.9. The minimum atomic E-state index is -0.0420. The van der Waals surface area contributed by atoms with Crippen molar-refractivity contribution in [1.29, 1.82) is 0 Å². The predicted molar refractivity (Wildman–Crippen MR) is 80.7 cm³/mol. The average Bonchev–Trinajstić information content (AvgIpc) is 2.91. The van der Waals surface area contributed by atoms with Crippen LogP contribution >= 0.6 is 15.9 Å². The third-order valence-corrected chi connectivity index (χ3v) is 4.85. The fraction of sp³-hybridized carbons (Fsp3) is 0.312. The molecule has 1 heterocycles. The number of furan rings is 1. The Morgan fingerprint density at radius 2 is 2.25 bits per heavy atom. The summed E-state index contributed by atoms with van der Waals surface area (Å²) < 4.78 is 6.32. The van der Waals surface area contributed by atoms with Crippen molar-refractivity contribution in [2.75, 3.05) is 0 Å². The van der Waals surface area contributed by atoms with E-state index in [0.29, 0.717) is 5.56 Å². The van der Waals surface area contributed by atoms with Crippen molar-refractivity contribution in [3.05, 3.63) is 57.5 Å². The second kappa shape index (κ2) is 5.44. The highest BCUT2D eigenvalue weighted by Crippen LogP contribution is 2.31. The first-order valence-electron chi connectivity index (χ1n) is 6.79. The van der Waals surface area contributed by atoms with Crippen LogP contribution in [0, 0.1) is 6.92 Å². The Kier molecular flexibility index (Phi) is 3.66. The minimum Gasteiger partial charge on any atom is -0.469 e. The van der Waals surface area contributed by atoms with E-state index in [-0.39, 0.29) is 11.9 Å². The van der Waals surface area contributed by atoms with Gasteiger partial charge in [0.25, 0.3) is 5.91 Å². The molecular formula is C16H16BrNO2. The van der Waals surface area contributed by atoms with Crippen LogP contribution in [-0.2, 0) is 6.42 Å². The monoisotopic (exact) mass is 333 g/mol. The Balaban J connectivity index is 1.83. The SMILES string of the molecule is Cc1cccc(C(=O)NC2CCCc3occc32)c1Br. The summed E-state index contributed by atoms with van der Waals surface area (Å²) in [5.41, 5.74) is 2.86. The van der Waals surface area contributed by atoms with E-state index in [0.717, 1.165) is 40.6 Å². The van der Waals surface area contributed by atoms with Gasteiger partial charge in [0.2, 0.25) is 0 Å². The van der Waals surface area contributed by atoms with Gasteiger partial charge in [-0.1, -0.05) is 12.1 Å². The molecule has 1 amide bonds. The lowest BCUT2D eigenvalue weighted by molar-refractivity contribution is 0.0931. The fourth-order valence-electron chi connectivity index (χ4n) is 2.70.